The van der Waals surface area contributed by atoms with Crippen LogP contribution in [0.15, 0.2) is 11.5 Å². The Morgan fingerprint density at radius 1 is 1.16 bits per heavy atom. The Kier molecular flexibility index (Phi) is 3.66. The largest absolute Gasteiger partial charge is 0.491 e. The molecule has 108 valence electrons. The molecule has 2 aliphatic heterocycles. The van der Waals surface area contributed by atoms with E-state index in [1.54, 1.807) is 0 Å². The predicted molar refractivity (Wildman–Crippen MR) is 80.0 cm³/mol. The van der Waals surface area contributed by atoms with Crippen molar-refractivity contribution in [3.8, 4) is 0 Å². The van der Waals surface area contributed by atoms with E-state index in [9.17, 15) is 0 Å². The second-order valence-corrected chi connectivity index (χ2v) is 7.90. The quantitative estimate of drug-likeness (QED) is 0.739. The standard InChI is InChI=1S/C15H28BNO2/c1-13(2,3)12-9-8-11(10-17-12)16-18-14(4,5)15(6,7)19-16/h8,12,17H,9-10H2,1-7H3. The Balaban J connectivity index is 2.05. The molecule has 1 saturated heterocycles. The van der Waals surface area contributed by atoms with E-state index in [2.05, 4.69) is 59.9 Å². The van der Waals surface area contributed by atoms with Crippen molar-refractivity contribution in [2.24, 2.45) is 5.41 Å². The van der Waals surface area contributed by atoms with Gasteiger partial charge in [-0.15, -0.1) is 0 Å². The Hall–Kier alpha value is -0.315. The summed E-state index contributed by atoms with van der Waals surface area (Å²) < 4.78 is 12.2. The third kappa shape index (κ3) is 2.91. The molecular formula is C15H28BNO2. The second kappa shape index (κ2) is 4.61. The summed E-state index contributed by atoms with van der Waals surface area (Å²) in [5, 5.41) is 3.61. The Labute approximate surface area is 118 Å². The van der Waals surface area contributed by atoms with Gasteiger partial charge >= 0.3 is 7.12 Å². The minimum Gasteiger partial charge on any atom is -0.400 e. The molecule has 1 atom stereocenters. The van der Waals surface area contributed by atoms with Gasteiger partial charge in [0, 0.05) is 12.6 Å². The van der Waals surface area contributed by atoms with Crippen molar-refractivity contribution in [3.63, 3.8) is 0 Å². The van der Waals surface area contributed by atoms with Gasteiger partial charge in [-0.3, -0.25) is 0 Å². The van der Waals surface area contributed by atoms with Crippen LogP contribution in [-0.2, 0) is 9.31 Å². The molecule has 0 aromatic heterocycles. The van der Waals surface area contributed by atoms with Crippen LogP contribution in [0.25, 0.3) is 0 Å². The van der Waals surface area contributed by atoms with Gasteiger partial charge in [0.15, 0.2) is 0 Å². The van der Waals surface area contributed by atoms with Crippen LogP contribution in [0.3, 0.4) is 0 Å². The molecule has 0 saturated carbocycles. The van der Waals surface area contributed by atoms with E-state index >= 15 is 0 Å². The molecule has 2 aliphatic rings. The first kappa shape index (κ1) is 15.1. The summed E-state index contributed by atoms with van der Waals surface area (Å²) in [6.45, 7) is 16.1. The van der Waals surface area contributed by atoms with Crippen molar-refractivity contribution in [2.75, 3.05) is 6.54 Å². The van der Waals surface area contributed by atoms with Crippen LogP contribution >= 0.6 is 0 Å². The number of hydrogen-bond donors (Lipinski definition) is 1. The fourth-order valence-electron chi connectivity index (χ4n) is 2.50. The maximum absolute atomic E-state index is 6.09. The molecule has 0 bridgehead atoms. The minimum atomic E-state index is -0.251. The highest BCUT2D eigenvalue weighted by Crippen LogP contribution is 2.39. The molecule has 1 N–H and O–H groups in total. The van der Waals surface area contributed by atoms with Gasteiger partial charge in [0.05, 0.1) is 11.2 Å². The van der Waals surface area contributed by atoms with E-state index in [-0.39, 0.29) is 23.7 Å². The average molecular weight is 265 g/mol. The van der Waals surface area contributed by atoms with E-state index in [1.807, 2.05) is 0 Å². The summed E-state index contributed by atoms with van der Waals surface area (Å²) in [6.07, 6.45) is 3.34. The summed E-state index contributed by atoms with van der Waals surface area (Å²) in [5.41, 5.74) is 1.02. The first-order chi connectivity index (χ1) is 8.53. The van der Waals surface area contributed by atoms with Gasteiger partial charge in [-0.1, -0.05) is 26.8 Å². The molecule has 2 rings (SSSR count). The molecule has 0 aromatic carbocycles. The van der Waals surface area contributed by atoms with Gasteiger partial charge in [0.25, 0.3) is 0 Å². The smallest absolute Gasteiger partial charge is 0.400 e. The van der Waals surface area contributed by atoms with Crippen LogP contribution < -0.4 is 5.32 Å². The maximum atomic E-state index is 6.09. The van der Waals surface area contributed by atoms with E-state index in [4.69, 9.17) is 9.31 Å². The van der Waals surface area contributed by atoms with E-state index < -0.39 is 0 Å². The monoisotopic (exact) mass is 265 g/mol. The number of nitrogens with one attached hydrogen (secondary N) is 1. The SMILES string of the molecule is CC(C)(C)C1CC=C(B2OC(C)(C)C(C)(C)O2)CN1. The van der Waals surface area contributed by atoms with Gasteiger partial charge in [0.1, 0.15) is 0 Å². The molecule has 0 aliphatic carbocycles. The van der Waals surface area contributed by atoms with Crippen molar-refractivity contribution < 1.29 is 9.31 Å². The fraction of sp³-hybridized carbons (Fsp3) is 0.867. The number of hydrogen-bond acceptors (Lipinski definition) is 3. The molecule has 1 fully saturated rings. The summed E-state index contributed by atoms with van der Waals surface area (Å²) in [7, 11) is -0.196. The summed E-state index contributed by atoms with van der Waals surface area (Å²) >= 11 is 0. The molecule has 0 aromatic rings. The van der Waals surface area contributed by atoms with E-state index in [1.165, 1.54) is 5.47 Å². The Morgan fingerprint density at radius 2 is 1.68 bits per heavy atom. The molecule has 1 unspecified atom stereocenters. The minimum absolute atomic E-state index is 0.196. The molecule has 3 nitrogen and oxygen atoms in total. The van der Waals surface area contributed by atoms with Crippen molar-refractivity contribution >= 4 is 7.12 Å². The van der Waals surface area contributed by atoms with Gasteiger partial charge in [0.2, 0.25) is 0 Å². The van der Waals surface area contributed by atoms with Crippen LogP contribution in [-0.4, -0.2) is 30.9 Å². The van der Waals surface area contributed by atoms with E-state index in [0.29, 0.717) is 6.04 Å². The fourth-order valence-corrected chi connectivity index (χ4v) is 2.50. The molecule has 2 heterocycles. The van der Waals surface area contributed by atoms with E-state index in [0.717, 1.165) is 13.0 Å². The normalized spacial score (nSPS) is 30.4. The van der Waals surface area contributed by atoms with Crippen molar-refractivity contribution in [2.45, 2.75) is 72.1 Å². The highest BCUT2D eigenvalue weighted by molar-refractivity contribution is 6.54. The molecular weight excluding hydrogens is 237 g/mol. The second-order valence-electron chi connectivity index (χ2n) is 7.90. The molecule has 0 spiro atoms. The summed E-state index contributed by atoms with van der Waals surface area (Å²) in [5.74, 6) is 0. The average Bonchev–Trinajstić information content (AvgIpc) is 2.47. The lowest BCUT2D eigenvalue weighted by atomic mass is 9.73. The lowest BCUT2D eigenvalue weighted by molar-refractivity contribution is 0.00578. The van der Waals surface area contributed by atoms with Gasteiger partial charge in [-0.05, 0) is 45.0 Å². The lowest BCUT2D eigenvalue weighted by Crippen LogP contribution is -2.45. The highest BCUT2D eigenvalue weighted by Gasteiger charge is 2.52. The van der Waals surface area contributed by atoms with Crippen LogP contribution in [0.1, 0.15) is 54.9 Å². The zero-order valence-electron chi connectivity index (χ0n) is 13.5. The Morgan fingerprint density at radius 3 is 2.05 bits per heavy atom. The van der Waals surface area contributed by atoms with Crippen molar-refractivity contribution in [3.05, 3.63) is 11.5 Å². The van der Waals surface area contributed by atoms with Crippen LogP contribution in [0.2, 0.25) is 0 Å². The first-order valence-corrected chi connectivity index (χ1v) is 7.31. The molecule has 4 heteroatoms. The van der Waals surface area contributed by atoms with Gasteiger partial charge in [-0.25, -0.2) is 0 Å². The summed E-state index contributed by atoms with van der Waals surface area (Å²) in [6, 6.07) is 0.527. The molecule has 0 amide bonds. The van der Waals surface area contributed by atoms with Crippen molar-refractivity contribution in [1.29, 1.82) is 0 Å². The topological polar surface area (TPSA) is 30.5 Å². The molecule has 19 heavy (non-hydrogen) atoms. The van der Waals surface area contributed by atoms with Gasteiger partial charge in [-0.2, -0.15) is 0 Å². The van der Waals surface area contributed by atoms with Gasteiger partial charge < -0.3 is 14.6 Å². The third-order valence-electron chi connectivity index (χ3n) is 4.77. The third-order valence-corrected chi connectivity index (χ3v) is 4.77. The zero-order valence-corrected chi connectivity index (χ0v) is 13.5. The number of rotatable bonds is 1. The van der Waals surface area contributed by atoms with Crippen LogP contribution in [0.5, 0.6) is 0 Å². The van der Waals surface area contributed by atoms with Crippen LogP contribution in [0.4, 0.5) is 0 Å². The summed E-state index contributed by atoms with van der Waals surface area (Å²) in [4.78, 5) is 0. The molecule has 0 radical (unpaired) electrons. The first-order valence-electron chi connectivity index (χ1n) is 7.31. The Bertz CT molecular complexity index is 366. The van der Waals surface area contributed by atoms with Crippen molar-refractivity contribution in [1.82, 2.24) is 5.32 Å². The zero-order chi connectivity index (χ0) is 14.5. The lowest BCUT2D eigenvalue weighted by Gasteiger charge is -2.34. The predicted octanol–water partition coefficient (Wildman–Crippen LogP) is 2.95. The maximum Gasteiger partial charge on any atom is 0.491 e. The van der Waals surface area contributed by atoms with Crippen LogP contribution in [0, 0.1) is 5.41 Å². The highest BCUT2D eigenvalue weighted by atomic mass is 16.7.